The molecule has 0 spiro atoms. The maximum absolute atomic E-state index is 12.0. The van der Waals surface area contributed by atoms with Crippen LogP contribution in [0.4, 0.5) is 0 Å². The van der Waals surface area contributed by atoms with Crippen LogP contribution in [0.5, 0.6) is 0 Å². The van der Waals surface area contributed by atoms with E-state index < -0.39 is 0 Å². The number of carbonyl (C=O) groups is 1. The molecule has 1 amide bonds. The second kappa shape index (κ2) is 8.88. The molecule has 0 radical (unpaired) electrons. The van der Waals surface area contributed by atoms with Gasteiger partial charge in [-0.05, 0) is 56.3 Å². The van der Waals surface area contributed by atoms with Crippen molar-refractivity contribution in [1.29, 1.82) is 0 Å². The lowest BCUT2D eigenvalue weighted by atomic mass is 10.3. The van der Waals surface area contributed by atoms with E-state index in [1.54, 1.807) is 24.5 Å². The first kappa shape index (κ1) is 19.2. The summed E-state index contributed by atoms with van der Waals surface area (Å²) in [7, 11) is 0. The number of amides is 1. The Bertz CT molecular complexity index is 952. The van der Waals surface area contributed by atoms with E-state index in [1.165, 1.54) is 11.8 Å². The highest BCUT2D eigenvalue weighted by molar-refractivity contribution is 8.00. The molecule has 5 nitrogen and oxygen atoms in total. The molecule has 0 saturated carbocycles. The topological polar surface area (TPSA) is 59.3 Å². The Labute approximate surface area is 167 Å². The number of halogens is 1. The molecule has 138 valence electrons. The molecule has 27 heavy (non-hydrogen) atoms. The standard InChI is InChI=1S/C20H19ClN4OS/c1-14-11-16(15(2)25(14)19-5-3-4-10-22-19)12-23-24-20(26)13-27-18-8-6-17(21)7-9-18/h3-12H,13H2,1-2H3,(H,24,26)/b23-12-. The van der Waals surface area contributed by atoms with E-state index >= 15 is 0 Å². The SMILES string of the molecule is Cc1cc(/C=N\NC(=O)CSc2ccc(Cl)cc2)c(C)n1-c1ccccn1. The van der Waals surface area contributed by atoms with Crippen molar-refractivity contribution in [2.45, 2.75) is 18.7 Å². The van der Waals surface area contributed by atoms with E-state index in [2.05, 4.69) is 20.1 Å². The van der Waals surface area contributed by atoms with E-state index in [0.29, 0.717) is 5.02 Å². The van der Waals surface area contributed by atoms with Crippen molar-refractivity contribution in [1.82, 2.24) is 15.0 Å². The number of carbonyl (C=O) groups excluding carboxylic acids is 1. The molecule has 0 aliphatic rings. The van der Waals surface area contributed by atoms with Crippen LogP contribution in [0.25, 0.3) is 5.82 Å². The minimum absolute atomic E-state index is 0.162. The van der Waals surface area contributed by atoms with Crippen molar-refractivity contribution in [2.24, 2.45) is 5.10 Å². The first-order valence-corrected chi connectivity index (χ1v) is 9.71. The quantitative estimate of drug-likeness (QED) is 0.380. The molecular weight excluding hydrogens is 380 g/mol. The Balaban J connectivity index is 1.60. The normalized spacial score (nSPS) is 11.1. The van der Waals surface area contributed by atoms with Gasteiger partial charge in [0.15, 0.2) is 0 Å². The smallest absolute Gasteiger partial charge is 0.250 e. The highest BCUT2D eigenvalue weighted by Crippen LogP contribution is 2.20. The van der Waals surface area contributed by atoms with Gasteiger partial charge >= 0.3 is 0 Å². The van der Waals surface area contributed by atoms with Crippen LogP contribution in [0.3, 0.4) is 0 Å². The molecule has 2 heterocycles. The van der Waals surface area contributed by atoms with Crippen molar-refractivity contribution < 1.29 is 4.79 Å². The number of rotatable bonds is 6. The third kappa shape index (κ3) is 4.99. The molecule has 7 heteroatoms. The summed E-state index contributed by atoms with van der Waals surface area (Å²) in [5.41, 5.74) is 5.57. The molecule has 0 aliphatic heterocycles. The van der Waals surface area contributed by atoms with Gasteiger partial charge in [0.05, 0.1) is 12.0 Å². The van der Waals surface area contributed by atoms with Crippen molar-refractivity contribution in [2.75, 3.05) is 5.75 Å². The number of thioether (sulfide) groups is 1. The van der Waals surface area contributed by atoms with Crippen molar-refractivity contribution >= 4 is 35.5 Å². The molecule has 3 rings (SSSR count). The molecule has 0 fully saturated rings. The summed E-state index contributed by atoms with van der Waals surface area (Å²) >= 11 is 7.29. The highest BCUT2D eigenvalue weighted by atomic mass is 35.5. The van der Waals surface area contributed by atoms with E-state index in [0.717, 1.165) is 27.7 Å². The molecule has 1 aromatic carbocycles. The van der Waals surface area contributed by atoms with E-state index in [4.69, 9.17) is 11.6 Å². The summed E-state index contributed by atoms with van der Waals surface area (Å²) in [5, 5.41) is 4.76. The van der Waals surface area contributed by atoms with E-state index in [9.17, 15) is 4.79 Å². The van der Waals surface area contributed by atoms with Crippen LogP contribution >= 0.6 is 23.4 Å². The molecule has 0 unspecified atom stereocenters. The second-order valence-corrected chi connectivity index (χ2v) is 7.37. The zero-order valence-electron chi connectivity index (χ0n) is 15.0. The lowest BCUT2D eigenvalue weighted by Gasteiger charge is -2.07. The monoisotopic (exact) mass is 398 g/mol. The fourth-order valence-electron chi connectivity index (χ4n) is 2.64. The van der Waals surface area contributed by atoms with Gasteiger partial charge < -0.3 is 4.57 Å². The summed E-state index contributed by atoms with van der Waals surface area (Å²) in [6, 6.07) is 15.2. The van der Waals surface area contributed by atoms with Crippen LogP contribution in [0.1, 0.15) is 17.0 Å². The zero-order valence-corrected chi connectivity index (χ0v) is 16.6. The van der Waals surface area contributed by atoms with Gasteiger partial charge in [-0.1, -0.05) is 17.7 Å². The van der Waals surface area contributed by atoms with Crippen LogP contribution in [0, 0.1) is 13.8 Å². The number of pyridine rings is 1. The lowest BCUT2D eigenvalue weighted by molar-refractivity contribution is -0.118. The first-order valence-electron chi connectivity index (χ1n) is 8.35. The summed E-state index contributed by atoms with van der Waals surface area (Å²) < 4.78 is 2.06. The predicted octanol–water partition coefficient (Wildman–Crippen LogP) is 4.38. The number of hydrogen-bond acceptors (Lipinski definition) is 4. The first-order chi connectivity index (χ1) is 13.0. The molecular formula is C20H19ClN4OS. The zero-order chi connectivity index (χ0) is 19.2. The summed E-state index contributed by atoms with van der Waals surface area (Å²) in [5.74, 6) is 0.978. The Morgan fingerprint density at radius 3 is 2.74 bits per heavy atom. The van der Waals surface area contributed by atoms with Crippen LogP contribution < -0.4 is 5.43 Å². The molecule has 2 aromatic heterocycles. The van der Waals surface area contributed by atoms with Gasteiger partial charge in [-0.3, -0.25) is 4.79 Å². The Morgan fingerprint density at radius 1 is 1.26 bits per heavy atom. The largest absolute Gasteiger partial charge is 0.303 e. The molecule has 3 aromatic rings. The summed E-state index contributed by atoms with van der Waals surface area (Å²) in [6.45, 7) is 4.02. The minimum atomic E-state index is -0.162. The van der Waals surface area contributed by atoms with Crippen LogP contribution in [0.15, 0.2) is 64.7 Å². The second-order valence-electron chi connectivity index (χ2n) is 5.89. The van der Waals surface area contributed by atoms with Gasteiger partial charge in [-0.2, -0.15) is 5.10 Å². The van der Waals surface area contributed by atoms with Gasteiger partial charge in [0.2, 0.25) is 5.91 Å². The fourth-order valence-corrected chi connectivity index (χ4v) is 3.46. The van der Waals surface area contributed by atoms with Crippen LogP contribution in [0.2, 0.25) is 5.02 Å². The number of nitrogens with zero attached hydrogens (tertiary/aromatic N) is 3. The molecule has 0 saturated heterocycles. The number of benzene rings is 1. The molecule has 0 bridgehead atoms. The fraction of sp³-hybridized carbons (Fsp3) is 0.150. The summed E-state index contributed by atoms with van der Waals surface area (Å²) in [4.78, 5) is 17.3. The number of hydrogen-bond donors (Lipinski definition) is 1. The summed E-state index contributed by atoms with van der Waals surface area (Å²) in [6.07, 6.45) is 3.42. The van der Waals surface area contributed by atoms with E-state index in [1.807, 2.05) is 50.2 Å². The van der Waals surface area contributed by atoms with Crippen molar-refractivity contribution in [3.8, 4) is 5.82 Å². The average Bonchev–Trinajstić information content (AvgIpc) is 2.95. The third-order valence-electron chi connectivity index (χ3n) is 3.93. The third-order valence-corrected chi connectivity index (χ3v) is 5.19. The van der Waals surface area contributed by atoms with Crippen LogP contribution in [-0.4, -0.2) is 27.4 Å². The maximum atomic E-state index is 12.0. The number of aryl methyl sites for hydroxylation is 1. The van der Waals surface area contributed by atoms with Crippen LogP contribution in [-0.2, 0) is 4.79 Å². The number of hydrazone groups is 1. The Hall–Kier alpha value is -2.57. The van der Waals surface area contributed by atoms with Gasteiger partial charge in [-0.15, -0.1) is 11.8 Å². The number of nitrogens with one attached hydrogen (secondary N) is 1. The Morgan fingerprint density at radius 2 is 2.04 bits per heavy atom. The average molecular weight is 399 g/mol. The van der Waals surface area contributed by atoms with Gasteiger partial charge in [0, 0.05) is 33.1 Å². The van der Waals surface area contributed by atoms with Gasteiger partial charge in [0.25, 0.3) is 0 Å². The minimum Gasteiger partial charge on any atom is -0.303 e. The van der Waals surface area contributed by atoms with Crippen molar-refractivity contribution in [3.63, 3.8) is 0 Å². The predicted molar refractivity (Wildman–Crippen MR) is 111 cm³/mol. The molecule has 0 aliphatic carbocycles. The molecule has 1 N–H and O–H groups in total. The lowest BCUT2D eigenvalue weighted by Crippen LogP contribution is -2.19. The maximum Gasteiger partial charge on any atom is 0.250 e. The van der Waals surface area contributed by atoms with Gasteiger partial charge in [0.1, 0.15) is 5.82 Å². The van der Waals surface area contributed by atoms with E-state index in [-0.39, 0.29) is 11.7 Å². The van der Waals surface area contributed by atoms with Crippen molar-refractivity contribution in [3.05, 3.63) is 76.7 Å². The highest BCUT2D eigenvalue weighted by Gasteiger charge is 2.10. The van der Waals surface area contributed by atoms with Gasteiger partial charge in [-0.25, -0.2) is 10.4 Å². The number of aromatic nitrogens is 2. The Kier molecular flexibility index (Phi) is 6.32. The molecule has 0 atom stereocenters.